The molecular weight excluding hydrogens is 268 g/mol. The molecule has 1 N–H and O–H groups in total. The molecule has 2 fully saturated rings. The summed E-state index contributed by atoms with van der Waals surface area (Å²) in [5.74, 6) is 1.13. The smallest absolute Gasteiger partial charge is 0.407 e. The molecule has 0 radical (unpaired) electrons. The Morgan fingerprint density at radius 3 is 2.62 bits per heavy atom. The van der Waals surface area contributed by atoms with Gasteiger partial charge in [-0.1, -0.05) is 0 Å². The van der Waals surface area contributed by atoms with E-state index in [4.69, 9.17) is 0 Å². The Kier molecular flexibility index (Phi) is 3.47. The summed E-state index contributed by atoms with van der Waals surface area (Å²) in [6.45, 7) is 7.42. The number of carboxylic acid groups (broad SMARTS) is 1. The molecule has 1 aromatic rings. The van der Waals surface area contributed by atoms with Crippen LogP contribution in [0.4, 0.5) is 10.7 Å². The summed E-state index contributed by atoms with van der Waals surface area (Å²) in [6.07, 6.45) is 1.32. The van der Waals surface area contributed by atoms with Gasteiger partial charge in [-0.3, -0.25) is 0 Å². The van der Waals surface area contributed by atoms with Crippen molar-refractivity contribution in [2.24, 2.45) is 5.92 Å². The van der Waals surface area contributed by atoms with Gasteiger partial charge in [-0.25, -0.2) is 14.8 Å². The largest absolute Gasteiger partial charge is 0.465 e. The lowest BCUT2D eigenvalue weighted by Gasteiger charge is -2.37. The minimum Gasteiger partial charge on any atom is -0.465 e. The van der Waals surface area contributed by atoms with Crippen LogP contribution in [0.5, 0.6) is 0 Å². The first kappa shape index (κ1) is 14.1. The van der Waals surface area contributed by atoms with Crippen LogP contribution in [0.25, 0.3) is 0 Å². The number of likely N-dealkylation sites (tertiary alicyclic amines) is 1. The number of hydrogen-bond donors (Lipinski definition) is 1. The first-order valence-electron chi connectivity index (χ1n) is 7.56. The molecule has 0 aromatic carbocycles. The van der Waals surface area contributed by atoms with Crippen LogP contribution < -0.4 is 4.90 Å². The number of rotatable bonds is 1. The fraction of sp³-hybridized carbons (Fsp3) is 0.667. The van der Waals surface area contributed by atoms with Crippen LogP contribution in [0.1, 0.15) is 31.2 Å². The van der Waals surface area contributed by atoms with Crippen LogP contribution in [-0.2, 0) is 0 Å². The van der Waals surface area contributed by atoms with Crippen molar-refractivity contribution < 1.29 is 9.90 Å². The van der Waals surface area contributed by atoms with Gasteiger partial charge in [0.2, 0.25) is 5.95 Å². The molecule has 21 heavy (non-hydrogen) atoms. The highest BCUT2D eigenvalue weighted by Gasteiger charge is 2.46. The van der Waals surface area contributed by atoms with E-state index in [-0.39, 0.29) is 12.1 Å². The molecule has 0 unspecified atom stereocenters. The van der Waals surface area contributed by atoms with Gasteiger partial charge in [0.1, 0.15) is 0 Å². The fourth-order valence-electron chi connectivity index (χ4n) is 3.82. The quantitative estimate of drug-likeness (QED) is 0.857. The summed E-state index contributed by atoms with van der Waals surface area (Å²) < 4.78 is 0. The van der Waals surface area contributed by atoms with Gasteiger partial charge < -0.3 is 14.9 Å². The number of piperidine rings is 1. The number of nitrogens with zero attached hydrogens (tertiary/aromatic N) is 4. The molecule has 6 heteroatoms. The van der Waals surface area contributed by atoms with Crippen molar-refractivity contribution in [1.29, 1.82) is 0 Å². The predicted octanol–water partition coefficient (Wildman–Crippen LogP) is 2.06. The Balaban J connectivity index is 1.91. The summed E-state index contributed by atoms with van der Waals surface area (Å²) in [7, 11) is 0. The van der Waals surface area contributed by atoms with Crippen molar-refractivity contribution in [3.63, 3.8) is 0 Å². The van der Waals surface area contributed by atoms with E-state index in [0.29, 0.717) is 12.5 Å². The van der Waals surface area contributed by atoms with Crippen molar-refractivity contribution in [3.05, 3.63) is 17.5 Å². The average Bonchev–Trinajstić information content (AvgIpc) is 2.75. The summed E-state index contributed by atoms with van der Waals surface area (Å²) in [4.78, 5) is 24.3. The van der Waals surface area contributed by atoms with Crippen molar-refractivity contribution in [2.75, 3.05) is 18.0 Å². The van der Waals surface area contributed by atoms with Gasteiger partial charge in [-0.15, -0.1) is 0 Å². The minimum absolute atomic E-state index is 0.0706. The molecular formula is C15H22N4O2. The van der Waals surface area contributed by atoms with Crippen LogP contribution >= 0.6 is 0 Å². The lowest BCUT2D eigenvalue weighted by atomic mass is 9.88. The highest BCUT2D eigenvalue weighted by Crippen LogP contribution is 2.36. The zero-order valence-corrected chi connectivity index (χ0v) is 12.8. The number of carbonyl (C=O) groups is 1. The second-order valence-electron chi connectivity index (χ2n) is 6.19. The molecule has 1 amide bonds. The Bertz CT molecular complexity index is 542. The minimum atomic E-state index is -0.821. The lowest BCUT2D eigenvalue weighted by Crippen LogP contribution is -2.46. The molecule has 3 heterocycles. The average molecular weight is 290 g/mol. The molecule has 2 saturated heterocycles. The number of anilines is 1. The van der Waals surface area contributed by atoms with E-state index in [0.717, 1.165) is 36.7 Å². The summed E-state index contributed by atoms with van der Waals surface area (Å²) in [5, 5.41) is 9.35. The van der Waals surface area contributed by atoms with Gasteiger partial charge in [0.05, 0.1) is 6.04 Å². The zero-order chi connectivity index (χ0) is 15.1. The second kappa shape index (κ2) is 5.16. The molecule has 0 spiro atoms. The van der Waals surface area contributed by atoms with Gasteiger partial charge in [0, 0.05) is 36.4 Å². The van der Waals surface area contributed by atoms with Gasteiger partial charge in [0.15, 0.2) is 0 Å². The Hall–Kier alpha value is -1.85. The third-order valence-corrected chi connectivity index (χ3v) is 4.80. The molecule has 114 valence electrons. The van der Waals surface area contributed by atoms with E-state index in [1.807, 2.05) is 26.8 Å². The Morgan fingerprint density at radius 1 is 1.33 bits per heavy atom. The molecule has 3 atom stereocenters. The standard InChI is InChI=1S/C15H22N4O2/c1-9-7-10(2)17-14(16-9)18-6-4-5-12-11(3)19(15(20)21)8-13(12)18/h7,11-13H,4-6,8H2,1-3H3,(H,20,21)/t11-,12-,13+/m1/s1. The van der Waals surface area contributed by atoms with Gasteiger partial charge in [0.25, 0.3) is 0 Å². The van der Waals surface area contributed by atoms with E-state index in [1.165, 1.54) is 0 Å². The molecule has 0 aliphatic carbocycles. The molecule has 2 aliphatic rings. The normalized spacial score (nSPS) is 28.6. The number of hydrogen-bond acceptors (Lipinski definition) is 4. The van der Waals surface area contributed by atoms with E-state index < -0.39 is 6.09 Å². The number of amides is 1. The zero-order valence-electron chi connectivity index (χ0n) is 12.8. The maximum atomic E-state index is 11.4. The maximum absolute atomic E-state index is 11.4. The molecule has 0 saturated carbocycles. The molecule has 0 bridgehead atoms. The Labute approximate surface area is 124 Å². The first-order chi connectivity index (χ1) is 9.97. The van der Waals surface area contributed by atoms with Gasteiger partial charge >= 0.3 is 6.09 Å². The summed E-state index contributed by atoms with van der Waals surface area (Å²) in [5.41, 5.74) is 1.92. The number of aromatic nitrogens is 2. The lowest BCUT2D eigenvalue weighted by molar-refractivity contribution is 0.138. The van der Waals surface area contributed by atoms with Crippen LogP contribution in [0, 0.1) is 19.8 Å². The topological polar surface area (TPSA) is 69.6 Å². The third-order valence-electron chi connectivity index (χ3n) is 4.80. The molecule has 1 aromatic heterocycles. The highest BCUT2D eigenvalue weighted by molar-refractivity contribution is 5.66. The van der Waals surface area contributed by atoms with Gasteiger partial charge in [-0.05, 0) is 39.7 Å². The van der Waals surface area contributed by atoms with E-state index in [1.54, 1.807) is 4.90 Å². The van der Waals surface area contributed by atoms with Crippen molar-refractivity contribution >= 4 is 12.0 Å². The van der Waals surface area contributed by atoms with Gasteiger partial charge in [-0.2, -0.15) is 0 Å². The second-order valence-corrected chi connectivity index (χ2v) is 6.19. The summed E-state index contributed by atoms with van der Waals surface area (Å²) in [6, 6.07) is 2.23. The third kappa shape index (κ3) is 2.43. The maximum Gasteiger partial charge on any atom is 0.407 e. The van der Waals surface area contributed by atoms with Crippen molar-refractivity contribution in [2.45, 2.75) is 45.7 Å². The van der Waals surface area contributed by atoms with Crippen LogP contribution in [-0.4, -0.2) is 51.2 Å². The monoisotopic (exact) mass is 290 g/mol. The molecule has 6 nitrogen and oxygen atoms in total. The van der Waals surface area contributed by atoms with E-state index in [9.17, 15) is 9.90 Å². The highest BCUT2D eigenvalue weighted by atomic mass is 16.4. The van der Waals surface area contributed by atoms with Crippen LogP contribution in [0.3, 0.4) is 0 Å². The Morgan fingerprint density at radius 2 is 2.00 bits per heavy atom. The van der Waals surface area contributed by atoms with Crippen molar-refractivity contribution in [1.82, 2.24) is 14.9 Å². The van der Waals surface area contributed by atoms with Crippen LogP contribution in [0.15, 0.2) is 6.07 Å². The first-order valence-corrected chi connectivity index (χ1v) is 7.56. The molecule has 3 rings (SSSR count). The van der Waals surface area contributed by atoms with E-state index >= 15 is 0 Å². The number of fused-ring (bicyclic) bond motifs is 1. The molecule has 2 aliphatic heterocycles. The fourth-order valence-corrected chi connectivity index (χ4v) is 3.82. The summed E-state index contributed by atoms with van der Waals surface area (Å²) >= 11 is 0. The predicted molar refractivity (Wildman–Crippen MR) is 79.6 cm³/mol. The van der Waals surface area contributed by atoms with E-state index in [2.05, 4.69) is 14.9 Å². The van der Waals surface area contributed by atoms with Crippen molar-refractivity contribution in [3.8, 4) is 0 Å². The number of aryl methyl sites for hydroxylation is 2. The van der Waals surface area contributed by atoms with Crippen LogP contribution in [0.2, 0.25) is 0 Å². The SMILES string of the molecule is Cc1cc(C)nc(N2CCC[C@@H]3[C@@H](C)N(C(=O)O)C[C@@H]32)n1.